The smallest absolute Gasteiger partial charge is 0.168 e. The van der Waals surface area contributed by atoms with Crippen molar-refractivity contribution in [3.05, 3.63) is 56.8 Å². The SMILES string of the molecule is CCc1ccc(CC(=O)c2ccc3c(c2)COC3)s1. The zero-order valence-electron chi connectivity index (χ0n) is 10.9. The number of carbonyl (C=O) groups is 1. The Labute approximate surface area is 117 Å². The first kappa shape index (κ1) is 12.6. The highest BCUT2D eigenvalue weighted by molar-refractivity contribution is 7.12. The van der Waals surface area contributed by atoms with Gasteiger partial charge in [0.2, 0.25) is 0 Å². The molecule has 0 radical (unpaired) electrons. The number of ether oxygens (including phenoxy) is 1. The van der Waals surface area contributed by atoms with Crippen LogP contribution in [0.1, 0.15) is 38.2 Å². The van der Waals surface area contributed by atoms with Gasteiger partial charge in [-0.1, -0.05) is 19.1 Å². The average molecular weight is 272 g/mol. The molecule has 2 aromatic rings. The number of hydrogen-bond acceptors (Lipinski definition) is 3. The van der Waals surface area contributed by atoms with E-state index < -0.39 is 0 Å². The van der Waals surface area contributed by atoms with Crippen LogP contribution in [0.15, 0.2) is 30.3 Å². The number of benzene rings is 1. The van der Waals surface area contributed by atoms with E-state index in [-0.39, 0.29) is 5.78 Å². The number of thiophene rings is 1. The lowest BCUT2D eigenvalue weighted by Gasteiger charge is -2.02. The van der Waals surface area contributed by atoms with Crippen molar-refractivity contribution in [2.45, 2.75) is 33.0 Å². The van der Waals surface area contributed by atoms with Gasteiger partial charge in [-0.05, 0) is 35.7 Å². The summed E-state index contributed by atoms with van der Waals surface area (Å²) in [5, 5.41) is 0. The zero-order chi connectivity index (χ0) is 13.2. The summed E-state index contributed by atoms with van der Waals surface area (Å²) >= 11 is 1.74. The third kappa shape index (κ3) is 2.62. The minimum absolute atomic E-state index is 0.194. The Morgan fingerprint density at radius 3 is 2.74 bits per heavy atom. The van der Waals surface area contributed by atoms with Gasteiger partial charge in [0.25, 0.3) is 0 Å². The lowest BCUT2D eigenvalue weighted by Crippen LogP contribution is -2.03. The van der Waals surface area contributed by atoms with Crippen molar-refractivity contribution in [2.24, 2.45) is 0 Å². The van der Waals surface area contributed by atoms with Crippen molar-refractivity contribution in [3.63, 3.8) is 0 Å². The van der Waals surface area contributed by atoms with E-state index in [2.05, 4.69) is 19.1 Å². The van der Waals surface area contributed by atoms with Gasteiger partial charge in [0.05, 0.1) is 13.2 Å². The highest BCUT2D eigenvalue weighted by Crippen LogP contribution is 2.23. The van der Waals surface area contributed by atoms with Gasteiger partial charge in [0.15, 0.2) is 5.78 Å². The molecular formula is C16H16O2S. The summed E-state index contributed by atoms with van der Waals surface area (Å²) in [6.07, 6.45) is 1.54. The van der Waals surface area contributed by atoms with E-state index in [9.17, 15) is 4.79 Å². The van der Waals surface area contributed by atoms with Gasteiger partial charge < -0.3 is 4.74 Å². The predicted octanol–water partition coefficient (Wildman–Crippen LogP) is 3.77. The molecule has 1 aromatic heterocycles. The molecule has 2 heterocycles. The van der Waals surface area contributed by atoms with Crippen LogP contribution in [0.3, 0.4) is 0 Å². The summed E-state index contributed by atoms with van der Waals surface area (Å²) < 4.78 is 5.38. The molecular weight excluding hydrogens is 256 g/mol. The molecule has 0 aliphatic carbocycles. The summed E-state index contributed by atoms with van der Waals surface area (Å²) in [6.45, 7) is 3.45. The highest BCUT2D eigenvalue weighted by Gasteiger charge is 2.15. The number of carbonyl (C=O) groups excluding carboxylic acids is 1. The highest BCUT2D eigenvalue weighted by atomic mass is 32.1. The predicted molar refractivity (Wildman–Crippen MR) is 76.7 cm³/mol. The van der Waals surface area contributed by atoms with Gasteiger partial charge in [-0.15, -0.1) is 11.3 Å². The monoisotopic (exact) mass is 272 g/mol. The van der Waals surface area contributed by atoms with Crippen LogP contribution in [0.5, 0.6) is 0 Å². The number of hydrogen-bond donors (Lipinski definition) is 0. The molecule has 98 valence electrons. The summed E-state index contributed by atoms with van der Waals surface area (Å²) in [5.41, 5.74) is 3.17. The number of aryl methyl sites for hydroxylation is 1. The molecule has 0 spiro atoms. The Kier molecular flexibility index (Phi) is 3.49. The second-order valence-corrected chi connectivity index (χ2v) is 6.05. The van der Waals surface area contributed by atoms with Crippen LogP contribution in [0.25, 0.3) is 0 Å². The Morgan fingerprint density at radius 2 is 1.95 bits per heavy atom. The normalized spacial score (nSPS) is 13.5. The fraction of sp³-hybridized carbons (Fsp3) is 0.312. The van der Waals surface area contributed by atoms with Gasteiger partial charge in [-0.25, -0.2) is 0 Å². The van der Waals surface area contributed by atoms with Gasteiger partial charge in [0, 0.05) is 21.7 Å². The van der Waals surface area contributed by atoms with Gasteiger partial charge >= 0.3 is 0 Å². The van der Waals surface area contributed by atoms with Crippen LogP contribution in [-0.4, -0.2) is 5.78 Å². The maximum atomic E-state index is 12.3. The van der Waals surface area contributed by atoms with Crippen LogP contribution >= 0.6 is 11.3 Å². The minimum atomic E-state index is 0.194. The number of Topliss-reactive ketones (excluding diaryl/α,β-unsaturated/α-hetero) is 1. The third-order valence-corrected chi connectivity index (χ3v) is 4.67. The molecule has 0 bridgehead atoms. The molecule has 0 fully saturated rings. The van der Waals surface area contributed by atoms with Gasteiger partial charge in [-0.2, -0.15) is 0 Å². The molecule has 3 heteroatoms. The Bertz CT molecular complexity index is 613. The van der Waals surface area contributed by atoms with Crippen molar-refractivity contribution in [3.8, 4) is 0 Å². The standard InChI is InChI=1S/C16H16O2S/c1-2-14-5-6-15(19-14)8-16(17)11-3-4-12-9-18-10-13(12)7-11/h3-7H,2,8-10H2,1H3. The van der Waals surface area contributed by atoms with E-state index >= 15 is 0 Å². The molecule has 1 aromatic carbocycles. The second-order valence-electron chi connectivity index (χ2n) is 4.80. The molecule has 0 N–H and O–H groups in total. The quantitative estimate of drug-likeness (QED) is 0.792. The lowest BCUT2D eigenvalue weighted by atomic mass is 10.0. The van der Waals surface area contributed by atoms with Crippen molar-refractivity contribution in [1.29, 1.82) is 0 Å². The van der Waals surface area contributed by atoms with Crippen molar-refractivity contribution < 1.29 is 9.53 Å². The van der Waals surface area contributed by atoms with Gasteiger partial charge in [-0.3, -0.25) is 4.79 Å². The maximum absolute atomic E-state index is 12.3. The van der Waals surface area contributed by atoms with E-state index in [0.29, 0.717) is 19.6 Å². The topological polar surface area (TPSA) is 26.3 Å². The molecule has 1 aliphatic heterocycles. The molecule has 1 aliphatic rings. The van der Waals surface area contributed by atoms with Crippen LogP contribution in [0.2, 0.25) is 0 Å². The van der Waals surface area contributed by atoms with E-state index in [1.807, 2.05) is 18.2 Å². The Balaban J connectivity index is 1.76. The minimum Gasteiger partial charge on any atom is -0.372 e. The first-order valence-corrected chi connectivity index (χ1v) is 7.38. The number of ketones is 1. The lowest BCUT2D eigenvalue weighted by molar-refractivity contribution is 0.0993. The van der Waals surface area contributed by atoms with E-state index in [4.69, 9.17) is 4.74 Å². The molecule has 0 unspecified atom stereocenters. The third-order valence-electron chi connectivity index (χ3n) is 3.44. The molecule has 19 heavy (non-hydrogen) atoms. The first-order chi connectivity index (χ1) is 9.26. The molecule has 0 atom stereocenters. The number of rotatable bonds is 4. The van der Waals surface area contributed by atoms with Crippen molar-refractivity contribution in [1.82, 2.24) is 0 Å². The Morgan fingerprint density at radius 1 is 1.16 bits per heavy atom. The molecule has 0 amide bonds. The molecule has 2 nitrogen and oxygen atoms in total. The van der Waals surface area contributed by atoms with E-state index in [1.165, 1.54) is 10.4 Å². The molecule has 3 rings (SSSR count). The fourth-order valence-corrected chi connectivity index (χ4v) is 3.27. The van der Waals surface area contributed by atoms with E-state index in [0.717, 1.165) is 22.4 Å². The van der Waals surface area contributed by atoms with Crippen LogP contribution < -0.4 is 0 Å². The van der Waals surface area contributed by atoms with Gasteiger partial charge in [0.1, 0.15) is 0 Å². The first-order valence-electron chi connectivity index (χ1n) is 6.56. The summed E-state index contributed by atoms with van der Waals surface area (Å²) in [4.78, 5) is 14.8. The molecule has 0 saturated carbocycles. The van der Waals surface area contributed by atoms with Crippen molar-refractivity contribution in [2.75, 3.05) is 0 Å². The number of fused-ring (bicyclic) bond motifs is 1. The van der Waals surface area contributed by atoms with Crippen LogP contribution in [0.4, 0.5) is 0 Å². The maximum Gasteiger partial charge on any atom is 0.168 e. The average Bonchev–Trinajstić information content (AvgIpc) is 3.05. The summed E-state index contributed by atoms with van der Waals surface area (Å²) in [5.74, 6) is 0.194. The summed E-state index contributed by atoms with van der Waals surface area (Å²) in [7, 11) is 0. The van der Waals surface area contributed by atoms with Crippen molar-refractivity contribution >= 4 is 17.1 Å². The zero-order valence-corrected chi connectivity index (χ0v) is 11.8. The molecule has 0 saturated heterocycles. The Hall–Kier alpha value is -1.45. The van der Waals surface area contributed by atoms with E-state index in [1.54, 1.807) is 11.3 Å². The second kappa shape index (κ2) is 5.27. The van der Waals surface area contributed by atoms with Crippen LogP contribution in [-0.2, 0) is 30.8 Å². The summed E-state index contributed by atoms with van der Waals surface area (Å²) in [6, 6.07) is 10.1. The van der Waals surface area contributed by atoms with Crippen LogP contribution in [0, 0.1) is 0 Å². The fourth-order valence-electron chi connectivity index (χ4n) is 2.31. The largest absolute Gasteiger partial charge is 0.372 e.